The zero-order valence-corrected chi connectivity index (χ0v) is 19.9. The van der Waals surface area contributed by atoms with Gasteiger partial charge in [0.2, 0.25) is 5.91 Å². The molecule has 0 radical (unpaired) electrons. The molecule has 8 heteroatoms. The summed E-state index contributed by atoms with van der Waals surface area (Å²) in [5.41, 5.74) is 0.329. The number of amides is 2. The average Bonchev–Trinajstić information content (AvgIpc) is 2.83. The van der Waals surface area contributed by atoms with Gasteiger partial charge >= 0.3 is 5.97 Å². The Morgan fingerprint density at radius 1 is 1.06 bits per heavy atom. The predicted molar refractivity (Wildman–Crippen MR) is 130 cm³/mol. The van der Waals surface area contributed by atoms with Crippen LogP contribution in [-0.2, 0) is 9.59 Å². The molecule has 0 aromatic heterocycles. The van der Waals surface area contributed by atoms with E-state index in [1.54, 1.807) is 36.4 Å². The molecule has 2 aliphatic heterocycles. The zero-order chi connectivity index (χ0) is 22.8. The van der Waals surface area contributed by atoms with Crippen LogP contribution in [0.1, 0.15) is 61.7 Å². The highest BCUT2D eigenvalue weighted by molar-refractivity contribution is 6.00. The largest absolute Gasteiger partial charge is 0.477 e. The summed E-state index contributed by atoms with van der Waals surface area (Å²) in [6, 6.07) is 8.57. The molecule has 2 heterocycles. The summed E-state index contributed by atoms with van der Waals surface area (Å²) in [6.45, 7) is 3.69. The van der Waals surface area contributed by atoms with Crippen LogP contribution in [0.4, 0.5) is 0 Å². The molecule has 0 spiro atoms. The van der Waals surface area contributed by atoms with Crippen LogP contribution in [0.2, 0.25) is 0 Å². The SMILES string of the molecule is Cl.O=C(O)/C(=C/CC[C@@H]1CCCN(C(=O)CCC2CCNCC2)C1)NC(=O)c1ccccc1. The van der Waals surface area contributed by atoms with Crippen LogP contribution in [0.3, 0.4) is 0 Å². The summed E-state index contributed by atoms with van der Waals surface area (Å²) in [5, 5.41) is 15.3. The first-order valence-corrected chi connectivity index (χ1v) is 11.8. The van der Waals surface area contributed by atoms with E-state index < -0.39 is 11.9 Å². The molecule has 33 heavy (non-hydrogen) atoms. The molecule has 2 saturated heterocycles. The van der Waals surface area contributed by atoms with Crippen molar-refractivity contribution in [1.29, 1.82) is 0 Å². The molecule has 0 saturated carbocycles. The summed E-state index contributed by atoms with van der Waals surface area (Å²) >= 11 is 0. The number of nitrogens with zero attached hydrogens (tertiary/aromatic N) is 1. The number of carbonyl (C=O) groups excluding carboxylic acids is 2. The number of hydrogen-bond donors (Lipinski definition) is 3. The molecule has 1 aromatic carbocycles. The molecule has 0 bridgehead atoms. The normalized spacial score (nSPS) is 19.5. The van der Waals surface area contributed by atoms with Gasteiger partial charge in [-0.25, -0.2) is 4.79 Å². The lowest BCUT2D eigenvalue weighted by atomic mass is 9.91. The third-order valence-electron chi connectivity index (χ3n) is 6.53. The van der Waals surface area contributed by atoms with Crippen LogP contribution in [-0.4, -0.2) is 54.0 Å². The van der Waals surface area contributed by atoms with Crippen molar-refractivity contribution in [2.45, 2.75) is 51.4 Å². The Labute approximate surface area is 202 Å². The number of carboxylic acids is 1. The summed E-state index contributed by atoms with van der Waals surface area (Å²) in [4.78, 5) is 38.5. The van der Waals surface area contributed by atoms with Crippen LogP contribution in [0.25, 0.3) is 0 Å². The van der Waals surface area contributed by atoms with E-state index in [4.69, 9.17) is 0 Å². The average molecular weight is 478 g/mol. The minimum absolute atomic E-state index is 0. The van der Waals surface area contributed by atoms with Gasteiger partial charge in [-0.15, -0.1) is 12.4 Å². The number of hydrogen-bond acceptors (Lipinski definition) is 4. The maximum atomic E-state index is 12.7. The number of nitrogens with one attached hydrogen (secondary N) is 2. The molecule has 7 nitrogen and oxygen atoms in total. The van der Waals surface area contributed by atoms with Gasteiger partial charge in [-0.05, 0) is 82.0 Å². The van der Waals surface area contributed by atoms with Gasteiger partial charge in [0.25, 0.3) is 5.91 Å². The smallest absolute Gasteiger partial charge is 0.352 e. The minimum atomic E-state index is -1.15. The zero-order valence-electron chi connectivity index (χ0n) is 19.1. The minimum Gasteiger partial charge on any atom is -0.477 e. The number of rotatable bonds is 9. The highest BCUT2D eigenvalue weighted by atomic mass is 35.5. The molecule has 1 aromatic rings. The van der Waals surface area contributed by atoms with Crippen LogP contribution < -0.4 is 10.6 Å². The Morgan fingerprint density at radius 2 is 1.79 bits per heavy atom. The van der Waals surface area contributed by atoms with E-state index in [0.717, 1.165) is 64.7 Å². The second-order valence-electron chi connectivity index (χ2n) is 8.90. The molecule has 182 valence electrons. The van der Waals surface area contributed by atoms with Gasteiger partial charge in [0, 0.05) is 25.1 Å². The van der Waals surface area contributed by atoms with E-state index in [9.17, 15) is 19.5 Å². The van der Waals surface area contributed by atoms with Crippen LogP contribution in [0.15, 0.2) is 42.1 Å². The lowest BCUT2D eigenvalue weighted by molar-refractivity contribution is -0.134. The van der Waals surface area contributed by atoms with Crippen LogP contribution in [0, 0.1) is 11.8 Å². The number of halogens is 1. The molecule has 3 rings (SSSR count). The van der Waals surface area contributed by atoms with E-state index in [-0.39, 0.29) is 24.0 Å². The van der Waals surface area contributed by atoms with E-state index in [1.165, 1.54) is 0 Å². The standard InChI is InChI=1S/C25H35N3O4.ClH/c29-23(12-11-19-13-15-26-16-14-19)28-17-5-7-20(18-28)6-4-10-22(25(31)32)27-24(30)21-8-2-1-3-9-21;/h1-3,8-10,19-20,26H,4-7,11-18H2,(H,27,30)(H,31,32);1H/b22-10-;/t20-;/m1./s1. The molecule has 0 unspecified atom stereocenters. The van der Waals surface area contributed by atoms with E-state index in [2.05, 4.69) is 10.6 Å². The quantitative estimate of drug-likeness (QED) is 0.472. The van der Waals surface area contributed by atoms with Crippen molar-refractivity contribution in [1.82, 2.24) is 15.5 Å². The lowest BCUT2D eigenvalue weighted by Crippen LogP contribution is -2.40. The molecule has 3 N–H and O–H groups in total. The summed E-state index contributed by atoms with van der Waals surface area (Å²) in [7, 11) is 0. The molecule has 2 amide bonds. The Bertz CT molecular complexity index is 809. The fourth-order valence-corrected chi connectivity index (χ4v) is 4.62. The second-order valence-corrected chi connectivity index (χ2v) is 8.90. The van der Waals surface area contributed by atoms with Crippen molar-refractivity contribution in [2.75, 3.05) is 26.2 Å². The van der Waals surface area contributed by atoms with Gasteiger partial charge in [-0.3, -0.25) is 9.59 Å². The van der Waals surface area contributed by atoms with Gasteiger partial charge in [0.1, 0.15) is 5.70 Å². The summed E-state index contributed by atoms with van der Waals surface area (Å²) in [6.07, 6.45) is 8.91. The van der Waals surface area contributed by atoms with Crippen molar-refractivity contribution in [3.63, 3.8) is 0 Å². The van der Waals surface area contributed by atoms with Crippen molar-refractivity contribution in [3.05, 3.63) is 47.7 Å². The topological polar surface area (TPSA) is 98.7 Å². The van der Waals surface area contributed by atoms with Crippen molar-refractivity contribution < 1.29 is 19.5 Å². The van der Waals surface area contributed by atoms with Gasteiger partial charge in [0.15, 0.2) is 0 Å². The summed E-state index contributed by atoms with van der Waals surface area (Å²) < 4.78 is 0. The molecule has 2 aliphatic rings. The fourth-order valence-electron chi connectivity index (χ4n) is 4.62. The number of aliphatic carboxylic acids is 1. The van der Waals surface area contributed by atoms with Gasteiger partial charge in [-0.1, -0.05) is 24.3 Å². The third kappa shape index (κ3) is 8.82. The van der Waals surface area contributed by atoms with Crippen LogP contribution >= 0.6 is 12.4 Å². The molecular formula is C25H36ClN3O4. The number of benzene rings is 1. The number of carboxylic acid groups (broad SMARTS) is 1. The van der Waals surface area contributed by atoms with Gasteiger partial charge in [-0.2, -0.15) is 0 Å². The first kappa shape index (κ1) is 26.9. The van der Waals surface area contributed by atoms with E-state index in [1.807, 2.05) is 4.90 Å². The van der Waals surface area contributed by atoms with Gasteiger partial charge in [0.05, 0.1) is 0 Å². The summed E-state index contributed by atoms with van der Waals surface area (Å²) in [5.74, 6) is -0.297. The molecule has 1 atom stereocenters. The van der Waals surface area contributed by atoms with E-state index >= 15 is 0 Å². The maximum Gasteiger partial charge on any atom is 0.352 e. The Hall–Kier alpha value is -2.38. The second kappa shape index (κ2) is 14.0. The predicted octanol–water partition coefficient (Wildman–Crippen LogP) is 3.61. The number of allylic oxidation sites excluding steroid dienone is 1. The number of carbonyl (C=O) groups is 3. The highest BCUT2D eigenvalue weighted by Crippen LogP contribution is 2.24. The third-order valence-corrected chi connectivity index (χ3v) is 6.53. The molecule has 0 aliphatic carbocycles. The van der Waals surface area contributed by atoms with E-state index in [0.29, 0.717) is 30.2 Å². The number of likely N-dealkylation sites (tertiary alicyclic amines) is 1. The number of piperidine rings is 2. The maximum absolute atomic E-state index is 12.7. The van der Waals surface area contributed by atoms with Crippen molar-refractivity contribution in [3.8, 4) is 0 Å². The molecule has 2 fully saturated rings. The first-order chi connectivity index (χ1) is 15.5. The Kier molecular flexibility index (Phi) is 11.4. The van der Waals surface area contributed by atoms with Crippen molar-refractivity contribution in [2.24, 2.45) is 11.8 Å². The van der Waals surface area contributed by atoms with Crippen molar-refractivity contribution >= 4 is 30.2 Å². The first-order valence-electron chi connectivity index (χ1n) is 11.8. The Morgan fingerprint density at radius 3 is 2.48 bits per heavy atom. The lowest BCUT2D eigenvalue weighted by Gasteiger charge is -2.33. The Balaban J connectivity index is 0.00000385. The van der Waals surface area contributed by atoms with Crippen LogP contribution in [0.5, 0.6) is 0 Å². The van der Waals surface area contributed by atoms with Gasteiger partial charge < -0.3 is 20.6 Å². The molecular weight excluding hydrogens is 442 g/mol. The highest BCUT2D eigenvalue weighted by Gasteiger charge is 2.24. The monoisotopic (exact) mass is 477 g/mol. The fraction of sp³-hybridized carbons (Fsp3) is 0.560.